The van der Waals surface area contributed by atoms with Crippen molar-refractivity contribution in [2.75, 3.05) is 45.3 Å². The number of thiophene rings is 1. The quantitative estimate of drug-likeness (QED) is 0.290. The maximum atomic E-state index is 13.3. The lowest BCUT2D eigenvalue weighted by Crippen LogP contribution is -2.60. The third kappa shape index (κ3) is 5.37. The Kier molecular flexibility index (Phi) is 7.75. The standard InChI is InChI=1S/C37H39N5O6S/c1-39-18-27(33-25(35(39)45)8-13-49-33)23-14-30(47-2)28(31(15-23)48-3)19-40-11-9-37(10-12-40)20-41(21-37)24-5-4-22-17-42(36(46)26(22)16-24)29-6-7-32(43)38-34(29)44/h4-5,8,13-16,18,29H,6-7,9-12,17,19-21H2,1-3H3,(H,38,43,44). The van der Waals surface area contributed by atoms with Crippen molar-refractivity contribution in [3.8, 4) is 22.6 Å². The summed E-state index contributed by atoms with van der Waals surface area (Å²) in [6.07, 6.45) is 4.66. The number of fused-ring (bicyclic) bond motifs is 2. The number of piperidine rings is 2. The van der Waals surface area contributed by atoms with Gasteiger partial charge in [0.05, 0.1) is 25.2 Å². The molecule has 0 radical (unpaired) electrons. The van der Waals surface area contributed by atoms with Gasteiger partial charge in [0, 0.05) is 72.8 Å². The zero-order chi connectivity index (χ0) is 34.0. The lowest BCUT2D eigenvalue weighted by atomic mass is 9.71. The fourth-order valence-corrected chi connectivity index (χ4v) is 9.02. The van der Waals surface area contributed by atoms with Crippen LogP contribution in [0.1, 0.15) is 47.2 Å². The summed E-state index contributed by atoms with van der Waals surface area (Å²) in [6.45, 7) is 4.92. The van der Waals surface area contributed by atoms with E-state index in [1.807, 2.05) is 29.8 Å². The number of carbonyl (C=O) groups excluding carboxylic acids is 3. The van der Waals surface area contributed by atoms with Gasteiger partial charge in [0.15, 0.2) is 0 Å². The lowest BCUT2D eigenvalue weighted by Gasteiger charge is -2.55. The zero-order valence-electron chi connectivity index (χ0n) is 27.9. The number of carbonyl (C=O) groups is 3. The Hall–Kier alpha value is -4.68. The van der Waals surface area contributed by atoms with Gasteiger partial charge < -0.3 is 23.8 Å². The van der Waals surface area contributed by atoms with Crippen LogP contribution >= 0.6 is 11.3 Å². The number of nitrogens with zero attached hydrogens (tertiary/aromatic N) is 4. The van der Waals surface area contributed by atoms with Crippen molar-refractivity contribution in [1.29, 1.82) is 0 Å². The molecule has 6 heterocycles. The number of amides is 3. The highest BCUT2D eigenvalue weighted by molar-refractivity contribution is 7.17. The molecule has 8 rings (SSSR count). The molecule has 3 saturated heterocycles. The summed E-state index contributed by atoms with van der Waals surface area (Å²) >= 11 is 1.56. The van der Waals surface area contributed by atoms with Crippen molar-refractivity contribution in [3.05, 3.63) is 75.0 Å². The molecule has 4 aliphatic heterocycles. The molecule has 1 atom stereocenters. The Balaban J connectivity index is 0.925. The fraction of sp³-hybridized carbons (Fsp3) is 0.405. The van der Waals surface area contributed by atoms with Gasteiger partial charge in [0.2, 0.25) is 11.8 Å². The molecule has 1 N–H and O–H groups in total. The minimum Gasteiger partial charge on any atom is -0.496 e. The van der Waals surface area contributed by atoms with Crippen LogP contribution in [0.15, 0.2) is 52.8 Å². The number of pyridine rings is 1. The molecule has 1 unspecified atom stereocenters. The van der Waals surface area contributed by atoms with E-state index < -0.39 is 6.04 Å². The highest BCUT2D eigenvalue weighted by Crippen LogP contribution is 2.45. The second-order valence-electron chi connectivity index (χ2n) is 13.9. The molecule has 49 heavy (non-hydrogen) atoms. The number of hydrogen-bond donors (Lipinski definition) is 1. The van der Waals surface area contributed by atoms with Gasteiger partial charge in [-0.05, 0) is 79.2 Å². The van der Waals surface area contributed by atoms with E-state index in [0.717, 1.165) is 83.2 Å². The minimum atomic E-state index is -0.603. The number of ether oxygens (including phenoxy) is 2. The maximum absolute atomic E-state index is 13.3. The number of methoxy groups -OCH3 is 2. The van der Waals surface area contributed by atoms with Crippen LogP contribution in [-0.2, 0) is 29.7 Å². The van der Waals surface area contributed by atoms with E-state index in [0.29, 0.717) is 30.5 Å². The average Bonchev–Trinajstić information content (AvgIpc) is 3.71. The second kappa shape index (κ2) is 12.0. The van der Waals surface area contributed by atoms with Crippen molar-refractivity contribution in [3.63, 3.8) is 0 Å². The summed E-state index contributed by atoms with van der Waals surface area (Å²) in [7, 11) is 5.16. The van der Waals surface area contributed by atoms with E-state index in [1.165, 1.54) is 0 Å². The molecule has 2 aromatic carbocycles. The molecule has 3 amide bonds. The number of aryl methyl sites for hydroxylation is 1. The van der Waals surface area contributed by atoms with Gasteiger partial charge >= 0.3 is 0 Å². The van der Waals surface area contributed by atoms with Gasteiger partial charge in [0.25, 0.3) is 11.5 Å². The van der Waals surface area contributed by atoms with Crippen molar-refractivity contribution in [1.82, 2.24) is 19.7 Å². The first-order chi connectivity index (χ1) is 23.7. The number of imide groups is 1. The topological polar surface area (TPSA) is 113 Å². The molecule has 4 aliphatic rings. The molecular formula is C37H39N5O6S. The van der Waals surface area contributed by atoms with Crippen LogP contribution in [0.5, 0.6) is 11.5 Å². The van der Waals surface area contributed by atoms with Gasteiger partial charge in [0.1, 0.15) is 17.5 Å². The SMILES string of the molecule is COc1cc(-c2cn(C)c(=O)c3ccsc23)cc(OC)c1CN1CCC2(CC1)CN(c1ccc3c(c1)C(=O)N(C1CCC(=O)NC1=O)C3)C2. The number of rotatable bonds is 7. The Morgan fingerprint density at radius 2 is 1.69 bits per heavy atom. The van der Waals surface area contributed by atoms with Gasteiger partial charge in [-0.15, -0.1) is 11.3 Å². The Labute approximate surface area is 288 Å². The molecule has 2 aromatic heterocycles. The van der Waals surface area contributed by atoms with Crippen molar-refractivity contribution in [2.45, 2.75) is 44.8 Å². The summed E-state index contributed by atoms with van der Waals surface area (Å²) in [5.74, 6) is 0.736. The van der Waals surface area contributed by atoms with Crippen LogP contribution in [0.4, 0.5) is 5.69 Å². The number of hydrogen-bond acceptors (Lipinski definition) is 9. The number of anilines is 1. The van der Waals surface area contributed by atoms with E-state index in [1.54, 1.807) is 42.1 Å². The summed E-state index contributed by atoms with van der Waals surface area (Å²) in [5, 5.41) is 5.04. The van der Waals surface area contributed by atoms with Crippen molar-refractivity contribution < 1.29 is 23.9 Å². The number of likely N-dealkylation sites (tertiary alicyclic amines) is 1. The first kappa shape index (κ1) is 31.6. The van der Waals surface area contributed by atoms with E-state index in [9.17, 15) is 19.2 Å². The molecular weight excluding hydrogens is 643 g/mol. The molecule has 4 aromatic rings. The summed E-state index contributed by atoms with van der Waals surface area (Å²) in [5.41, 5.74) is 5.80. The fourth-order valence-electron chi connectivity index (χ4n) is 8.10. The van der Waals surface area contributed by atoms with Gasteiger partial charge in [-0.1, -0.05) is 6.07 Å². The third-order valence-corrected chi connectivity index (χ3v) is 11.9. The number of benzene rings is 2. The van der Waals surface area contributed by atoms with Gasteiger partial charge in [-0.25, -0.2) is 0 Å². The van der Waals surface area contributed by atoms with Gasteiger partial charge in [-0.2, -0.15) is 0 Å². The van der Waals surface area contributed by atoms with Gasteiger partial charge in [-0.3, -0.25) is 29.4 Å². The molecule has 254 valence electrons. The molecule has 0 aliphatic carbocycles. The smallest absolute Gasteiger partial charge is 0.259 e. The molecule has 1 spiro atoms. The molecule has 0 saturated carbocycles. The van der Waals surface area contributed by atoms with Crippen LogP contribution in [0, 0.1) is 5.41 Å². The Morgan fingerprint density at radius 3 is 2.39 bits per heavy atom. The van der Waals surface area contributed by atoms with E-state index in [2.05, 4.69) is 33.3 Å². The van der Waals surface area contributed by atoms with E-state index >= 15 is 0 Å². The van der Waals surface area contributed by atoms with Crippen LogP contribution in [0.3, 0.4) is 0 Å². The summed E-state index contributed by atoms with van der Waals surface area (Å²) < 4.78 is 14.4. The highest BCUT2D eigenvalue weighted by atomic mass is 32.1. The van der Waals surface area contributed by atoms with Crippen LogP contribution in [0.25, 0.3) is 21.2 Å². The molecule has 3 fully saturated rings. The van der Waals surface area contributed by atoms with Crippen LogP contribution < -0.4 is 25.2 Å². The molecule has 11 nitrogen and oxygen atoms in total. The lowest BCUT2D eigenvalue weighted by molar-refractivity contribution is -0.136. The second-order valence-corrected chi connectivity index (χ2v) is 14.8. The average molecular weight is 682 g/mol. The summed E-state index contributed by atoms with van der Waals surface area (Å²) in [4.78, 5) is 56.5. The minimum absolute atomic E-state index is 0.00578. The number of aromatic nitrogens is 1. The molecule has 0 bridgehead atoms. The normalized spacial score (nSPS) is 20.5. The Bertz CT molecular complexity index is 2050. The predicted molar refractivity (Wildman–Crippen MR) is 187 cm³/mol. The third-order valence-electron chi connectivity index (χ3n) is 10.9. The summed E-state index contributed by atoms with van der Waals surface area (Å²) in [6, 6.07) is 11.5. The predicted octanol–water partition coefficient (Wildman–Crippen LogP) is 4.15. The van der Waals surface area contributed by atoms with E-state index in [4.69, 9.17) is 9.47 Å². The van der Waals surface area contributed by atoms with Crippen molar-refractivity contribution in [2.24, 2.45) is 12.5 Å². The zero-order valence-corrected chi connectivity index (χ0v) is 28.7. The van der Waals surface area contributed by atoms with Crippen LogP contribution in [-0.4, -0.2) is 78.5 Å². The van der Waals surface area contributed by atoms with Crippen LogP contribution in [0.2, 0.25) is 0 Å². The van der Waals surface area contributed by atoms with E-state index in [-0.39, 0.29) is 35.1 Å². The highest BCUT2D eigenvalue weighted by Gasteiger charge is 2.46. The first-order valence-corrected chi connectivity index (χ1v) is 17.6. The first-order valence-electron chi connectivity index (χ1n) is 16.7. The Morgan fingerprint density at radius 1 is 0.959 bits per heavy atom. The monoisotopic (exact) mass is 681 g/mol. The molecule has 12 heteroatoms. The number of nitrogens with one attached hydrogen (secondary N) is 1. The maximum Gasteiger partial charge on any atom is 0.259 e. The van der Waals surface area contributed by atoms with Crippen molar-refractivity contribution >= 4 is 44.8 Å². The largest absolute Gasteiger partial charge is 0.496 e.